The summed E-state index contributed by atoms with van der Waals surface area (Å²) in [4.78, 5) is 0.714. The van der Waals surface area contributed by atoms with Crippen molar-refractivity contribution < 1.29 is 14.4 Å². The standard InChI is InChI=1S/C20H26O3S/c1-2-3-14-20(15-7-16-21,17-8-5-4-6-9-17)24(23)19-12-10-18(22)11-13-19/h4-6,8-13,21-22H,2-3,7,14-16H2,1H3. The van der Waals surface area contributed by atoms with Crippen LogP contribution in [0.25, 0.3) is 0 Å². The number of unbranched alkanes of at least 4 members (excludes halogenated alkanes) is 1. The summed E-state index contributed by atoms with van der Waals surface area (Å²) in [6, 6.07) is 16.6. The maximum absolute atomic E-state index is 13.5. The van der Waals surface area contributed by atoms with Crippen LogP contribution in [0.4, 0.5) is 0 Å². The molecule has 0 heterocycles. The molecule has 24 heavy (non-hydrogen) atoms. The molecular formula is C20H26O3S. The van der Waals surface area contributed by atoms with Crippen molar-refractivity contribution in [1.29, 1.82) is 0 Å². The molecule has 0 saturated carbocycles. The average Bonchev–Trinajstić information content (AvgIpc) is 2.63. The van der Waals surface area contributed by atoms with Gasteiger partial charge in [0.15, 0.2) is 0 Å². The van der Waals surface area contributed by atoms with Crippen LogP contribution in [0.5, 0.6) is 5.75 Å². The van der Waals surface area contributed by atoms with Crippen molar-refractivity contribution in [3.8, 4) is 5.75 Å². The second kappa shape index (κ2) is 9.00. The average molecular weight is 346 g/mol. The van der Waals surface area contributed by atoms with E-state index in [1.165, 1.54) is 0 Å². The van der Waals surface area contributed by atoms with Gasteiger partial charge in [-0.2, -0.15) is 0 Å². The molecule has 2 rings (SSSR count). The normalized spacial score (nSPS) is 14.9. The van der Waals surface area contributed by atoms with E-state index in [-0.39, 0.29) is 12.4 Å². The summed E-state index contributed by atoms with van der Waals surface area (Å²) in [7, 11) is -1.26. The molecule has 0 saturated heterocycles. The number of phenols is 1. The van der Waals surface area contributed by atoms with Crippen LogP contribution >= 0.6 is 0 Å². The Balaban J connectivity index is 2.49. The van der Waals surface area contributed by atoms with Crippen molar-refractivity contribution in [3.05, 3.63) is 60.2 Å². The molecule has 2 unspecified atom stereocenters. The Morgan fingerprint density at radius 2 is 1.58 bits per heavy atom. The maximum Gasteiger partial charge on any atom is 0.115 e. The van der Waals surface area contributed by atoms with Crippen LogP contribution in [-0.4, -0.2) is 21.0 Å². The van der Waals surface area contributed by atoms with Gasteiger partial charge in [0.2, 0.25) is 0 Å². The fourth-order valence-corrected chi connectivity index (χ4v) is 4.91. The number of aromatic hydroxyl groups is 1. The Bertz CT molecular complexity index is 630. The number of hydrogen-bond acceptors (Lipinski definition) is 3. The van der Waals surface area contributed by atoms with Crippen LogP contribution in [-0.2, 0) is 15.5 Å². The number of phenolic OH excluding ortho intramolecular Hbond substituents is 1. The lowest BCUT2D eigenvalue weighted by Crippen LogP contribution is -2.32. The third-order valence-corrected chi connectivity index (χ3v) is 6.43. The molecule has 0 bridgehead atoms. The highest BCUT2D eigenvalue weighted by Gasteiger charge is 2.38. The van der Waals surface area contributed by atoms with Crippen molar-refractivity contribution in [2.24, 2.45) is 0 Å². The maximum atomic E-state index is 13.5. The topological polar surface area (TPSA) is 57.5 Å². The molecule has 0 aliphatic rings. The van der Waals surface area contributed by atoms with Gasteiger partial charge in [0, 0.05) is 11.5 Å². The highest BCUT2D eigenvalue weighted by atomic mass is 32.2. The van der Waals surface area contributed by atoms with Crippen LogP contribution in [0.2, 0.25) is 0 Å². The molecule has 2 aromatic rings. The number of benzene rings is 2. The lowest BCUT2D eigenvalue weighted by molar-refractivity contribution is 0.273. The van der Waals surface area contributed by atoms with E-state index >= 15 is 0 Å². The highest BCUT2D eigenvalue weighted by Crippen LogP contribution is 2.41. The molecule has 2 N–H and O–H groups in total. The van der Waals surface area contributed by atoms with E-state index < -0.39 is 15.5 Å². The summed E-state index contributed by atoms with van der Waals surface area (Å²) in [5.74, 6) is 0.171. The minimum atomic E-state index is -1.26. The van der Waals surface area contributed by atoms with E-state index in [0.29, 0.717) is 17.7 Å². The zero-order valence-corrected chi connectivity index (χ0v) is 15.0. The molecule has 0 aliphatic heterocycles. The predicted octanol–water partition coefficient (Wildman–Crippen LogP) is 4.36. The molecule has 0 amide bonds. The van der Waals surface area contributed by atoms with Crippen molar-refractivity contribution in [1.82, 2.24) is 0 Å². The van der Waals surface area contributed by atoms with Gasteiger partial charge in [-0.05, 0) is 49.1 Å². The molecule has 0 aromatic heterocycles. The van der Waals surface area contributed by atoms with Gasteiger partial charge in [0.05, 0.1) is 15.5 Å². The quantitative estimate of drug-likeness (QED) is 0.709. The second-order valence-electron chi connectivity index (χ2n) is 6.05. The zero-order chi connectivity index (χ0) is 17.4. The first-order valence-corrected chi connectivity index (χ1v) is 9.66. The van der Waals surface area contributed by atoms with Crippen molar-refractivity contribution in [3.63, 3.8) is 0 Å². The van der Waals surface area contributed by atoms with Gasteiger partial charge in [-0.1, -0.05) is 50.1 Å². The fraction of sp³-hybridized carbons (Fsp3) is 0.400. The van der Waals surface area contributed by atoms with Crippen LogP contribution < -0.4 is 0 Å². The van der Waals surface area contributed by atoms with E-state index in [9.17, 15) is 14.4 Å². The minimum Gasteiger partial charge on any atom is -0.508 e. The van der Waals surface area contributed by atoms with Gasteiger partial charge < -0.3 is 10.2 Å². The summed E-state index contributed by atoms with van der Waals surface area (Å²) >= 11 is 0. The molecule has 4 heteroatoms. The predicted molar refractivity (Wildman–Crippen MR) is 98.5 cm³/mol. The lowest BCUT2D eigenvalue weighted by Gasteiger charge is -2.34. The Morgan fingerprint density at radius 3 is 2.17 bits per heavy atom. The van der Waals surface area contributed by atoms with Gasteiger partial charge in [0.1, 0.15) is 5.75 Å². The summed E-state index contributed by atoms with van der Waals surface area (Å²) in [6.45, 7) is 2.22. The smallest absolute Gasteiger partial charge is 0.115 e. The van der Waals surface area contributed by atoms with Gasteiger partial charge in [0.25, 0.3) is 0 Å². The third kappa shape index (κ3) is 4.25. The van der Waals surface area contributed by atoms with E-state index in [2.05, 4.69) is 6.92 Å². The summed E-state index contributed by atoms with van der Waals surface area (Å²) < 4.78 is 13.0. The second-order valence-corrected chi connectivity index (χ2v) is 7.84. The number of rotatable bonds is 9. The molecule has 2 atom stereocenters. The van der Waals surface area contributed by atoms with Gasteiger partial charge in [-0.25, -0.2) is 0 Å². The Labute approximate surface area is 146 Å². The molecular weight excluding hydrogens is 320 g/mol. The minimum absolute atomic E-state index is 0.0908. The Kier molecular flexibility index (Phi) is 7.00. The monoisotopic (exact) mass is 346 g/mol. The Hall–Kier alpha value is -1.65. The van der Waals surface area contributed by atoms with E-state index in [0.717, 1.165) is 24.8 Å². The van der Waals surface area contributed by atoms with E-state index in [4.69, 9.17) is 0 Å². The van der Waals surface area contributed by atoms with E-state index in [1.807, 2.05) is 30.3 Å². The van der Waals surface area contributed by atoms with Crippen molar-refractivity contribution in [2.75, 3.05) is 6.61 Å². The van der Waals surface area contributed by atoms with Crippen LogP contribution in [0.3, 0.4) is 0 Å². The third-order valence-electron chi connectivity index (χ3n) is 4.38. The number of aliphatic hydroxyl groups is 1. The molecule has 0 fully saturated rings. The summed E-state index contributed by atoms with van der Waals surface area (Å²) in [6.07, 6.45) is 4.09. The molecule has 0 aliphatic carbocycles. The van der Waals surface area contributed by atoms with Crippen LogP contribution in [0.1, 0.15) is 44.6 Å². The van der Waals surface area contributed by atoms with Gasteiger partial charge >= 0.3 is 0 Å². The molecule has 3 nitrogen and oxygen atoms in total. The number of hydrogen-bond donors (Lipinski definition) is 2. The highest BCUT2D eigenvalue weighted by molar-refractivity contribution is 7.86. The molecule has 0 spiro atoms. The van der Waals surface area contributed by atoms with Gasteiger partial charge in [-0.3, -0.25) is 4.21 Å². The first-order valence-electron chi connectivity index (χ1n) is 8.51. The van der Waals surface area contributed by atoms with Crippen molar-refractivity contribution >= 4 is 10.8 Å². The summed E-state index contributed by atoms with van der Waals surface area (Å²) in [5.41, 5.74) is 1.05. The van der Waals surface area contributed by atoms with Crippen LogP contribution in [0.15, 0.2) is 59.5 Å². The molecule has 130 valence electrons. The lowest BCUT2D eigenvalue weighted by atomic mass is 9.88. The largest absolute Gasteiger partial charge is 0.508 e. The first-order chi connectivity index (χ1) is 11.6. The molecule has 0 radical (unpaired) electrons. The first kappa shape index (κ1) is 18.7. The zero-order valence-electron chi connectivity index (χ0n) is 14.1. The van der Waals surface area contributed by atoms with Crippen LogP contribution in [0, 0.1) is 0 Å². The van der Waals surface area contributed by atoms with Gasteiger partial charge in [-0.15, -0.1) is 0 Å². The van der Waals surface area contributed by atoms with Crippen molar-refractivity contribution in [2.45, 2.75) is 48.7 Å². The fourth-order valence-electron chi connectivity index (χ4n) is 3.07. The SMILES string of the molecule is CCCCC(CCCO)(c1ccccc1)S(=O)c1ccc(O)cc1. The summed E-state index contributed by atoms with van der Waals surface area (Å²) in [5, 5.41) is 18.9. The molecule has 2 aromatic carbocycles. The number of aliphatic hydroxyl groups excluding tert-OH is 1. The van der Waals surface area contributed by atoms with E-state index in [1.54, 1.807) is 24.3 Å². The Morgan fingerprint density at radius 1 is 0.958 bits per heavy atom.